The van der Waals surface area contributed by atoms with Crippen molar-refractivity contribution >= 4 is 6.09 Å². The van der Waals surface area contributed by atoms with Gasteiger partial charge >= 0.3 is 6.09 Å². The van der Waals surface area contributed by atoms with E-state index in [1.165, 1.54) is 22.8 Å². The molecule has 1 aromatic heterocycles. The number of hydrogen-bond donors (Lipinski definition) is 1. The number of halogens is 1. The standard InChI is InChI=1S/C27H29FN2O4/c1-18(19-5-7-20(8-6-19)22-11-14-26(32)29(2)17-22)30-25(21-9-12-23(28)13-10-21)16-24(4-3-15-31)34-27(30)33/h5-14,17-18,24-25,31H,3-4,15-16H2,1-2H3/t18-,24?,25?/m0/s1. The third kappa shape index (κ3) is 5.04. The molecular weight excluding hydrogens is 435 g/mol. The first-order chi connectivity index (χ1) is 16.4. The van der Waals surface area contributed by atoms with Crippen molar-refractivity contribution in [2.24, 2.45) is 7.05 Å². The van der Waals surface area contributed by atoms with E-state index in [1.54, 1.807) is 36.3 Å². The van der Waals surface area contributed by atoms with Crippen LogP contribution >= 0.6 is 0 Å². The van der Waals surface area contributed by atoms with E-state index in [1.807, 2.05) is 31.2 Å². The number of rotatable bonds is 7. The molecule has 0 bridgehead atoms. The predicted octanol–water partition coefficient (Wildman–Crippen LogP) is 4.98. The fourth-order valence-electron chi connectivity index (χ4n) is 4.53. The maximum absolute atomic E-state index is 13.6. The molecule has 0 spiro atoms. The number of amides is 1. The van der Waals surface area contributed by atoms with Crippen molar-refractivity contribution in [2.45, 2.75) is 44.4 Å². The number of aliphatic hydroxyl groups is 1. The highest BCUT2D eigenvalue weighted by molar-refractivity contribution is 5.70. The third-order valence-corrected chi connectivity index (χ3v) is 6.47. The van der Waals surface area contributed by atoms with E-state index >= 15 is 0 Å². The normalized spacial score (nSPS) is 19.1. The van der Waals surface area contributed by atoms with Crippen LogP contribution in [-0.4, -0.2) is 33.4 Å². The van der Waals surface area contributed by atoms with E-state index in [2.05, 4.69) is 0 Å². The SMILES string of the molecule is C[C@@H](c1ccc(-c2ccc(=O)n(C)c2)cc1)N1C(=O)OC(CCCO)CC1c1ccc(F)cc1. The molecule has 0 radical (unpaired) electrons. The van der Waals surface area contributed by atoms with Gasteiger partial charge in [0.15, 0.2) is 0 Å². The number of carbonyl (C=O) groups is 1. The highest BCUT2D eigenvalue weighted by atomic mass is 19.1. The van der Waals surface area contributed by atoms with E-state index in [0.29, 0.717) is 19.3 Å². The monoisotopic (exact) mass is 464 g/mol. The zero-order chi connectivity index (χ0) is 24.2. The number of aliphatic hydroxyl groups excluding tert-OH is 1. The van der Waals surface area contributed by atoms with Crippen molar-refractivity contribution < 1.29 is 19.0 Å². The summed E-state index contributed by atoms with van der Waals surface area (Å²) in [5, 5.41) is 9.19. The van der Waals surface area contributed by atoms with Gasteiger partial charge in [-0.05, 0) is 60.2 Å². The Bertz CT molecular complexity index is 1190. The molecular formula is C27H29FN2O4. The van der Waals surface area contributed by atoms with Gasteiger partial charge in [-0.3, -0.25) is 9.69 Å². The molecule has 1 fully saturated rings. The van der Waals surface area contributed by atoms with Crippen LogP contribution in [0.15, 0.2) is 71.7 Å². The number of nitrogens with zero attached hydrogens (tertiary/aromatic N) is 2. The predicted molar refractivity (Wildman–Crippen MR) is 128 cm³/mol. The Morgan fingerprint density at radius 3 is 2.35 bits per heavy atom. The van der Waals surface area contributed by atoms with Gasteiger partial charge in [0.05, 0.1) is 12.1 Å². The number of hydrogen-bond acceptors (Lipinski definition) is 4. The smallest absolute Gasteiger partial charge is 0.411 e. The summed E-state index contributed by atoms with van der Waals surface area (Å²) in [5.41, 5.74) is 3.61. The minimum Gasteiger partial charge on any atom is -0.446 e. The quantitative estimate of drug-likeness (QED) is 0.536. The molecule has 3 atom stereocenters. The number of pyridine rings is 1. The molecule has 7 heteroatoms. The fraction of sp³-hybridized carbons (Fsp3) is 0.333. The highest BCUT2D eigenvalue weighted by Gasteiger charge is 2.39. The summed E-state index contributed by atoms with van der Waals surface area (Å²) in [6.45, 7) is 1.99. The first kappa shape index (κ1) is 23.7. The Balaban J connectivity index is 1.61. The fourth-order valence-corrected chi connectivity index (χ4v) is 4.53. The second-order valence-corrected chi connectivity index (χ2v) is 8.75. The van der Waals surface area contributed by atoms with Crippen LogP contribution < -0.4 is 5.56 Å². The second-order valence-electron chi connectivity index (χ2n) is 8.75. The molecule has 34 heavy (non-hydrogen) atoms. The molecule has 178 valence electrons. The molecule has 1 aliphatic heterocycles. The van der Waals surface area contributed by atoms with Gasteiger partial charge in [0.25, 0.3) is 0 Å². The summed E-state index contributed by atoms with van der Waals surface area (Å²) in [6.07, 6.45) is 2.77. The first-order valence-electron chi connectivity index (χ1n) is 11.5. The Morgan fingerprint density at radius 1 is 1.03 bits per heavy atom. The van der Waals surface area contributed by atoms with Crippen molar-refractivity contribution in [1.82, 2.24) is 9.47 Å². The van der Waals surface area contributed by atoms with Crippen LogP contribution in [0, 0.1) is 5.82 Å². The highest BCUT2D eigenvalue weighted by Crippen LogP contribution is 2.39. The van der Waals surface area contributed by atoms with Crippen molar-refractivity contribution in [1.29, 1.82) is 0 Å². The first-order valence-corrected chi connectivity index (χ1v) is 11.5. The lowest BCUT2D eigenvalue weighted by Crippen LogP contribution is -2.45. The molecule has 4 rings (SSSR count). The molecule has 6 nitrogen and oxygen atoms in total. The zero-order valence-electron chi connectivity index (χ0n) is 19.4. The third-order valence-electron chi connectivity index (χ3n) is 6.47. The van der Waals surface area contributed by atoms with E-state index in [9.17, 15) is 19.1 Å². The van der Waals surface area contributed by atoms with Crippen LogP contribution in [0.2, 0.25) is 0 Å². The van der Waals surface area contributed by atoms with Gasteiger partial charge in [-0.25, -0.2) is 9.18 Å². The molecule has 2 heterocycles. The molecule has 0 aliphatic carbocycles. The lowest BCUT2D eigenvalue weighted by molar-refractivity contribution is -0.0209. The van der Waals surface area contributed by atoms with Gasteiger partial charge in [0.2, 0.25) is 5.56 Å². The van der Waals surface area contributed by atoms with Gasteiger partial charge in [0.1, 0.15) is 11.9 Å². The van der Waals surface area contributed by atoms with Crippen LogP contribution in [0.4, 0.5) is 9.18 Å². The van der Waals surface area contributed by atoms with E-state index in [0.717, 1.165) is 22.3 Å². The molecule has 1 aliphatic rings. The maximum atomic E-state index is 13.6. The van der Waals surface area contributed by atoms with Crippen LogP contribution in [0.25, 0.3) is 11.1 Å². The van der Waals surface area contributed by atoms with Crippen LogP contribution in [0.1, 0.15) is 49.4 Å². The lowest BCUT2D eigenvalue weighted by atomic mass is 9.93. The molecule has 3 aromatic rings. The van der Waals surface area contributed by atoms with E-state index < -0.39 is 6.09 Å². The second kappa shape index (κ2) is 10.2. The summed E-state index contributed by atoms with van der Waals surface area (Å²) >= 11 is 0. The number of aryl methyl sites for hydroxylation is 1. The molecule has 2 aromatic carbocycles. The molecule has 1 N–H and O–H groups in total. The molecule has 1 saturated heterocycles. The number of benzene rings is 2. The minimum absolute atomic E-state index is 0.0390. The lowest BCUT2D eigenvalue weighted by Gasteiger charge is -2.42. The van der Waals surface area contributed by atoms with Gasteiger partial charge in [-0.15, -0.1) is 0 Å². The number of aromatic nitrogens is 1. The van der Waals surface area contributed by atoms with E-state index in [4.69, 9.17) is 4.74 Å². The number of ether oxygens (including phenoxy) is 1. The van der Waals surface area contributed by atoms with Crippen molar-refractivity contribution in [2.75, 3.05) is 6.61 Å². The zero-order valence-corrected chi connectivity index (χ0v) is 19.4. The summed E-state index contributed by atoms with van der Waals surface area (Å²) in [6, 6.07) is 16.9. The van der Waals surface area contributed by atoms with Crippen LogP contribution in [0.3, 0.4) is 0 Å². The largest absolute Gasteiger partial charge is 0.446 e. The van der Waals surface area contributed by atoms with Crippen LogP contribution in [-0.2, 0) is 11.8 Å². The molecule has 0 saturated carbocycles. The Kier molecular flexibility index (Phi) is 7.12. The minimum atomic E-state index is -0.418. The summed E-state index contributed by atoms with van der Waals surface area (Å²) < 4.78 is 20.8. The Labute approximate surface area is 198 Å². The molecule has 1 amide bonds. The van der Waals surface area contributed by atoms with Gasteiger partial charge in [0, 0.05) is 32.3 Å². The Hall–Kier alpha value is -3.45. The van der Waals surface area contributed by atoms with E-state index in [-0.39, 0.29) is 36.2 Å². The van der Waals surface area contributed by atoms with Crippen molar-refractivity contribution in [3.63, 3.8) is 0 Å². The summed E-state index contributed by atoms with van der Waals surface area (Å²) in [4.78, 5) is 26.5. The van der Waals surface area contributed by atoms with Gasteiger partial charge in [-0.2, -0.15) is 0 Å². The van der Waals surface area contributed by atoms with Crippen LogP contribution in [0.5, 0.6) is 0 Å². The van der Waals surface area contributed by atoms with Gasteiger partial charge < -0.3 is 14.4 Å². The number of carbonyl (C=O) groups excluding carboxylic acids is 1. The Morgan fingerprint density at radius 2 is 1.71 bits per heavy atom. The topological polar surface area (TPSA) is 71.8 Å². The van der Waals surface area contributed by atoms with Gasteiger partial charge in [-0.1, -0.05) is 36.4 Å². The van der Waals surface area contributed by atoms with Crippen molar-refractivity contribution in [3.05, 3.63) is 94.2 Å². The summed E-state index contributed by atoms with van der Waals surface area (Å²) in [5.74, 6) is -0.326. The average molecular weight is 465 g/mol. The molecule has 2 unspecified atom stereocenters. The average Bonchev–Trinajstić information content (AvgIpc) is 2.84. The number of cyclic esters (lactones) is 1. The maximum Gasteiger partial charge on any atom is 0.411 e. The van der Waals surface area contributed by atoms with Crippen molar-refractivity contribution in [3.8, 4) is 11.1 Å². The summed E-state index contributed by atoms with van der Waals surface area (Å²) in [7, 11) is 1.72.